The van der Waals surface area contributed by atoms with Crippen molar-refractivity contribution in [3.05, 3.63) is 42.5 Å². The molecular weight excluding hydrogens is 520 g/mol. The predicted octanol–water partition coefficient (Wildman–Crippen LogP) is -1.59. The fourth-order valence-corrected chi connectivity index (χ4v) is 4.97. The third-order valence-corrected chi connectivity index (χ3v) is 7.13. The number of fused-ring (bicyclic) bond motifs is 3. The van der Waals surface area contributed by atoms with Crippen LogP contribution < -0.4 is 4.74 Å². The van der Waals surface area contributed by atoms with E-state index in [9.17, 15) is 46.0 Å². The molecule has 3 aromatic rings. The van der Waals surface area contributed by atoms with Crippen LogP contribution in [0, 0.1) is 0 Å². The van der Waals surface area contributed by atoms with E-state index < -0.39 is 74.6 Å². The Bertz CT molecular complexity index is 1310. The van der Waals surface area contributed by atoms with Crippen LogP contribution in [0.15, 0.2) is 42.5 Å². The van der Waals surface area contributed by atoms with E-state index in [-0.39, 0.29) is 17.2 Å². The Balaban J connectivity index is 1.38. The summed E-state index contributed by atoms with van der Waals surface area (Å²) < 4.78 is 22.2. The summed E-state index contributed by atoms with van der Waals surface area (Å²) in [4.78, 5) is 0. The van der Waals surface area contributed by atoms with Crippen LogP contribution in [0.5, 0.6) is 17.2 Å². The molecule has 212 valence electrons. The van der Waals surface area contributed by atoms with E-state index in [4.69, 9.17) is 18.9 Å². The van der Waals surface area contributed by atoms with Gasteiger partial charge in [-0.05, 0) is 34.4 Å². The van der Waals surface area contributed by atoms with Gasteiger partial charge >= 0.3 is 0 Å². The summed E-state index contributed by atoms with van der Waals surface area (Å²) in [7, 11) is 0. The number of aliphatic hydroxyl groups is 7. The van der Waals surface area contributed by atoms with Gasteiger partial charge in [-0.25, -0.2) is 0 Å². The van der Waals surface area contributed by atoms with E-state index >= 15 is 0 Å². The molecule has 10 atom stereocenters. The summed E-state index contributed by atoms with van der Waals surface area (Å²) in [5, 5.41) is 94.4. The van der Waals surface area contributed by atoms with Crippen LogP contribution in [-0.2, 0) is 14.2 Å². The molecule has 0 spiro atoms. The van der Waals surface area contributed by atoms with Gasteiger partial charge in [-0.15, -0.1) is 0 Å². The monoisotopic (exact) mass is 550 g/mol. The number of hydrogen-bond donors (Lipinski definition) is 9. The molecule has 39 heavy (non-hydrogen) atoms. The molecule has 2 saturated heterocycles. The van der Waals surface area contributed by atoms with Gasteiger partial charge in [0, 0.05) is 5.39 Å². The van der Waals surface area contributed by atoms with Gasteiger partial charge < -0.3 is 64.9 Å². The van der Waals surface area contributed by atoms with Gasteiger partial charge in [0.05, 0.1) is 13.2 Å². The highest BCUT2D eigenvalue weighted by Crippen LogP contribution is 2.41. The zero-order valence-corrected chi connectivity index (χ0v) is 20.4. The Morgan fingerprint density at radius 2 is 1.28 bits per heavy atom. The summed E-state index contributed by atoms with van der Waals surface area (Å²) >= 11 is 0. The highest BCUT2D eigenvalue weighted by atomic mass is 16.7. The number of hydrogen-bond acceptors (Lipinski definition) is 13. The maximum Gasteiger partial charge on any atom is 0.229 e. The number of rotatable bonds is 6. The maximum atomic E-state index is 11.0. The van der Waals surface area contributed by atoms with Gasteiger partial charge in [0.25, 0.3) is 0 Å². The highest BCUT2D eigenvalue weighted by Gasteiger charge is 2.51. The van der Waals surface area contributed by atoms with Crippen molar-refractivity contribution in [2.24, 2.45) is 0 Å². The molecule has 2 aliphatic rings. The summed E-state index contributed by atoms with van der Waals surface area (Å²) in [6.07, 6.45) is -16.1. The van der Waals surface area contributed by atoms with Gasteiger partial charge in [-0.1, -0.05) is 24.3 Å². The van der Waals surface area contributed by atoms with Gasteiger partial charge in [-0.2, -0.15) is 0 Å². The van der Waals surface area contributed by atoms with Gasteiger partial charge in [-0.3, -0.25) is 0 Å². The second-order valence-corrected chi connectivity index (χ2v) is 9.60. The maximum absolute atomic E-state index is 11.0. The SMILES string of the molecule is OC[C@H]1O[C@@H](O[C@H]2[C@H](O)[C@@H](O)[C@H](Oc3ccc4ccc5ccc(O)cc5c4c3O)O[C@@H]2CO)[C@H](O)[C@@H](O)[C@@H]1O. The molecule has 13 nitrogen and oxygen atoms in total. The summed E-state index contributed by atoms with van der Waals surface area (Å²) in [6, 6.07) is 11.4. The number of phenols is 2. The van der Waals surface area contributed by atoms with E-state index in [0.717, 1.165) is 5.39 Å². The second-order valence-electron chi connectivity index (χ2n) is 9.60. The molecule has 2 heterocycles. The highest BCUT2D eigenvalue weighted by molar-refractivity contribution is 6.11. The van der Waals surface area contributed by atoms with Crippen LogP contribution >= 0.6 is 0 Å². The number of phenolic OH excluding ortho intramolecular Hbond substituents is 2. The van der Waals surface area contributed by atoms with Crippen molar-refractivity contribution in [3.63, 3.8) is 0 Å². The Hall–Kier alpha value is -2.82. The molecule has 0 radical (unpaired) electrons. The number of ether oxygens (including phenoxy) is 4. The molecule has 0 amide bonds. The minimum Gasteiger partial charge on any atom is -0.508 e. The van der Waals surface area contributed by atoms with Crippen LogP contribution in [0.1, 0.15) is 0 Å². The fraction of sp³-hybridized carbons (Fsp3) is 0.462. The summed E-state index contributed by atoms with van der Waals surface area (Å²) in [5.41, 5.74) is 0. The number of aliphatic hydroxyl groups excluding tert-OH is 7. The first kappa shape index (κ1) is 27.7. The first-order valence-electron chi connectivity index (χ1n) is 12.3. The third kappa shape index (κ3) is 4.98. The molecule has 0 unspecified atom stereocenters. The molecule has 0 aliphatic carbocycles. The quantitative estimate of drug-likeness (QED) is 0.158. The lowest BCUT2D eigenvalue weighted by atomic mass is 9.97. The first-order valence-corrected chi connectivity index (χ1v) is 12.3. The van der Waals surface area contributed by atoms with E-state index in [0.29, 0.717) is 16.2 Å². The lowest BCUT2D eigenvalue weighted by Crippen LogP contribution is -2.65. The van der Waals surface area contributed by atoms with Crippen molar-refractivity contribution < 1.29 is 64.9 Å². The van der Waals surface area contributed by atoms with Crippen LogP contribution in [0.3, 0.4) is 0 Å². The zero-order chi connectivity index (χ0) is 28.0. The van der Waals surface area contributed by atoms with Crippen molar-refractivity contribution in [1.29, 1.82) is 0 Å². The minimum absolute atomic E-state index is 0.00823. The van der Waals surface area contributed by atoms with E-state index in [1.807, 2.05) is 6.07 Å². The smallest absolute Gasteiger partial charge is 0.229 e. The van der Waals surface area contributed by atoms with Crippen molar-refractivity contribution in [1.82, 2.24) is 0 Å². The number of benzene rings is 3. The Morgan fingerprint density at radius 3 is 2.00 bits per heavy atom. The topological polar surface area (TPSA) is 219 Å². The molecule has 0 bridgehead atoms. The summed E-state index contributed by atoms with van der Waals surface area (Å²) in [6.45, 7) is -1.44. The molecular formula is C26H30O13. The average Bonchev–Trinajstić information content (AvgIpc) is 2.93. The fourth-order valence-electron chi connectivity index (χ4n) is 4.97. The molecule has 13 heteroatoms. The van der Waals surface area contributed by atoms with Crippen molar-refractivity contribution >= 4 is 21.5 Å². The molecule has 2 aliphatic heterocycles. The number of aromatic hydroxyl groups is 2. The third-order valence-electron chi connectivity index (χ3n) is 7.13. The van der Waals surface area contributed by atoms with Crippen LogP contribution in [0.2, 0.25) is 0 Å². The average molecular weight is 551 g/mol. The van der Waals surface area contributed by atoms with Gasteiger partial charge in [0.2, 0.25) is 6.29 Å². The molecule has 3 aromatic carbocycles. The Kier molecular flexibility index (Phi) is 7.81. The molecule has 9 N–H and O–H groups in total. The van der Waals surface area contributed by atoms with Crippen LogP contribution in [0.4, 0.5) is 0 Å². The van der Waals surface area contributed by atoms with Crippen molar-refractivity contribution in [3.8, 4) is 17.2 Å². The normalized spacial score (nSPS) is 35.4. The Labute approximate surface area is 221 Å². The second kappa shape index (κ2) is 11.0. The molecule has 5 rings (SSSR count). The van der Waals surface area contributed by atoms with Crippen molar-refractivity contribution in [2.45, 2.75) is 61.4 Å². The minimum atomic E-state index is -1.79. The van der Waals surface area contributed by atoms with E-state index in [1.54, 1.807) is 18.2 Å². The summed E-state index contributed by atoms with van der Waals surface area (Å²) in [5.74, 6) is -0.431. The van der Waals surface area contributed by atoms with Gasteiger partial charge in [0.15, 0.2) is 17.8 Å². The van der Waals surface area contributed by atoms with Crippen molar-refractivity contribution in [2.75, 3.05) is 13.2 Å². The lowest BCUT2D eigenvalue weighted by molar-refractivity contribution is -0.352. The van der Waals surface area contributed by atoms with E-state index in [2.05, 4.69) is 0 Å². The predicted molar refractivity (Wildman–Crippen MR) is 132 cm³/mol. The Morgan fingerprint density at radius 1 is 0.667 bits per heavy atom. The van der Waals surface area contributed by atoms with Crippen LogP contribution in [0.25, 0.3) is 21.5 Å². The van der Waals surface area contributed by atoms with E-state index in [1.165, 1.54) is 18.2 Å². The zero-order valence-electron chi connectivity index (χ0n) is 20.4. The molecule has 0 saturated carbocycles. The molecule has 0 aromatic heterocycles. The first-order chi connectivity index (χ1) is 18.6. The van der Waals surface area contributed by atoms with Gasteiger partial charge in [0.1, 0.15) is 54.6 Å². The largest absolute Gasteiger partial charge is 0.508 e. The van der Waals surface area contributed by atoms with Crippen LogP contribution in [-0.4, -0.2) is 121 Å². The molecule has 2 fully saturated rings. The standard InChI is InChI=1S/C26H30O13/c27-8-15-19(31)20(32)22(34)26(37-15)39-24-16(9-28)38-25(23(35)21(24)33)36-14-6-4-11-2-1-10-3-5-12(29)7-13(10)17(11)18(14)30/h1-7,15-16,19-35H,8-9H2/t15-,16-,19-,20+,21-,22-,23-,24-,25-,26+/m1/s1. The lowest BCUT2D eigenvalue weighted by Gasteiger charge is -2.45.